The molecule has 0 aliphatic carbocycles. The fraction of sp³-hybridized carbons (Fsp3) is 0.700. The monoisotopic (exact) mass is 846 g/mol. The van der Waals surface area contributed by atoms with Gasteiger partial charge in [-0.05, 0) is 83.5 Å². The number of rotatable bonds is 44. The number of phosphoric acid groups is 1. The Bertz CT molecular complexity index is 1180. The zero-order valence-corrected chi connectivity index (χ0v) is 38.6. The van der Waals surface area contributed by atoms with Gasteiger partial charge in [-0.25, -0.2) is 4.57 Å². The molecule has 0 heterocycles. The fourth-order valence-corrected chi connectivity index (χ4v) is 6.86. The van der Waals surface area contributed by atoms with E-state index in [1.165, 1.54) is 77.0 Å². The first-order valence-electron chi connectivity index (χ1n) is 23.6. The molecule has 9 heteroatoms. The molecule has 0 bridgehead atoms. The summed E-state index contributed by atoms with van der Waals surface area (Å²) in [7, 11) is -4.29. The number of carbonyl (C=O) groups excluding carboxylic acids is 1. The maximum Gasteiger partial charge on any atom is 0.472 e. The lowest BCUT2D eigenvalue weighted by atomic mass is 10.1. The van der Waals surface area contributed by atoms with Crippen molar-refractivity contribution in [3.63, 3.8) is 0 Å². The third-order valence-electron chi connectivity index (χ3n) is 9.55. The summed E-state index contributed by atoms with van der Waals surface area (Å²) in [5.74, 6) is -0.349. The minimum absolute atomic E-state index is 0.0932. The van der Waals surface area contributed by atoms with Crippen molar-refractivity contribution in [2.45, 2.75) is 193 Å². The van der Waals surface area contributed by atoms with Gasteiger partial charge < -0.3 is 20.1 Å². The van der Waals surface area contributed by atoms with E-state index in [1.54, 1.807) is 0 Å². The molecule has 0 aromatic heterocycles. The summed E-state index contributed by atoms with van der Waals surface area (Å²) >= 11 is 0. The first-order chi connectivity index (χ1) is 28.9. The van der Waals surface area contributed by atoms with Crippen molar-refractivity contribution in [3.05, 3.63) is 85.1 Å². The number of unbranched alkanes of at least 4 members (excludes halogenated alkanes) is 17. The maximum absolute atomic E-state index is 12.6. The Balaban J connectivity index is 3.98. The van der Waals surface area contributed by atoms with E-state index < -0.39 is 13.9 Å². The summed E-state index contributed by atoms with van der Waals surface area (Å²) in [5, 5.41) is 0. The van der Waals surface area contributed by atoms with Crippen molar-refractivity contribution in [1.82, 2.24) is 0 Å². The molecule has 59 heavy (non-hydrogen) atoms. The zero-order valence-electron chi connectivity index (χ0n) is 37.7. The third-order valence-corrected chi connectivity index (χ3v) is 10.5. The smallest absolute Gasteiger partial charge is 0.457 e. The van der Waals surface area contributed by atoms with Gasteiger partial charge in [-0.15, -0.1) is 0 Å². The number of ether oxygens (including phenoxy) is 2. The van der Waals surface area contributed by atoms with Crippen LogP contribution in [-0.2, 0) is 27.9 Å². The Labute approximate surface area is 362 Å². The lowest BCUT2D eigenvalue weighted by Gasteiger charge is -2.20. The molecule has 3 N–H and O–H groups in total. The van der Waals surface area contributed by atoms with Gasteiger partial charge in [0, 0.05) is 19.6 Å². The zero-order chi connectivity index (χ0) is 43.0. The number of nitrogens with two attached hydrogens (primary N) is 1. The molecule has 2 atom stereocenters. The molecule has 0 saturated carbocycles. The molecule has 0 aromatic carbocycles. The SMILES string of the molecule is CC/C=C\C/C=C\C/C=C\C/C=C\C/C=C\CCCCCCCCCCCCOCC(COP(=O)(O)OCCN)OC(=O)CCCCCCC/C=C\C/C=C\CCCC. The van der Waals surface area contributed by atoms with Crippen LogP contribution < -0.4 is 5.73 Å². The Hall–Kier alpha value is -2.32. The third kappa shape index (κ3) is 46.6. The molecular formula is C50H88NO7P. The van der Waals surface area contributed by atoms with Crippen LogP contribution in [0.4, 0.5) is 0 Å². The molecule has 0 fully saturated rings. The highest BCUT2D eigenvalue weighted by molar-refractivity contribution is 7.47. The van der Waals surface area contributed by atoms with Gasteiger partial charge in [0.25, 0.3) is 0 Å². The van der Waals surface area contributed by atoms with E-state index in [2.05, 4.69) is 98.9 Å². The normalized spacial score (nSPS) is 14.2. The summed E-state index contributed by atoms with van der Waals surface area (Å²) in [6.45, 7) is 4.72. The van der Waals surface area contributed by atoms with Gasteiger partial charge >= 0.3 is 13.8 Å². The Morgan fingerprint density at radius 2 is 0.949 bits per heavy atom. The number of allylic oxidation sites excluding steroid dienone is 14. The van der Waals surface area contributed by atoms with Gasteiger partial charge in [-0.2, -0.15) is 0 Å². The van der Waals surface area contributed by atoms with E-state index in [0.717, 1.165) is 89.9 Å². The van der Waals surface area contributed by atoms with Crippen molar-refractivity contribution < 1.29 is 32.8 Å². The molecule has 0 saturated heterocycles. The topological polar surface area (TPSA) is 117 Å². The molecule has 0 radical (unpaired) electrons. The van der Waals surface area contributed by atoms with Crippen molar-refractivity contribution in [2.75, 3.05) is 33.0 Å². The Morgan fingerprint density at radius 1 is 0.525 bits per heavy atom. The first-order valence-corrected chi connectivity index (χ1v) is 25.1. The van der Waals surface area contributed by atoms with Gasteiger partial charge in [0.2, 0.25) is 0 Å². The van der Waals surface area contributed by atoms with E-state index in [9.17, 15) is 14.3 Å². The molecule has 0 rings (SSSR count). The van der Waals surface area contributed by atoms with E-state index in [0.29, 0.717) is 13.0 Å². The van der Waals surface area contributed by atoms with Crippen LogP contribution in [0.5, 0.6) is 0 Å². The molecule has 340 valence electrons. The van der Waals surface area contributed by atoms with Crippen LogP contribution in [0.15, 0.2) is 85.1 Å². The van der Waals surface area contributed by atoms with Crippen molar-refractivity contribution in [1.29, 1.82) is 0 Å². The van der Waals surface area contributed by atoms with E-state index in [1.807, 2.05) is 0 Å². The van der Waals surface area contributed by atoms with Crippen LogP contribution in [0.25, 0.3) is 0 Å². The fourth-order valence-electron chi connectivity index (χ4n) is 6.10. The van der Waals surface area contributed by atoms with E-state index in [-0.39, 0.29) is 32.3 Å². The van der Waals surface area contributed by atoms with Gasteiger partial charge in [-0.3, -0.25) is 13.8 Å². The van der Waals surface area contributed by atoms with Crippen molar-refractivity contribution >= 4 is 13.8 Å². The Morgan fingerprint density at radius 3 is 1.42 bits per heavy atom. The molecule has 0 aromatic rings. The molecule has 2 unspecified atom stereocenters. The first kappa shape index (κ1) is 56.7. The van der Waals surface area contributed by atoms with Crippen molar-refractivity contribution in [2.24, 2.45) is 5.73 Å². The maximum atomic E-state index is 12.6. The number of esters is 1. The summed E-state index contributed by atoms with van der Waals surface area (Å²) in [6.07, 6.45) is 60.4. The van der Waals surface area contributed by atoms with Crippen LogP contribution in [0.2, 0.25) is 0 Å². The predicted molar refractivity (Wildman–Crippen MR) is 251 cm³/mol. The number of hydrogen-bond acceptors (Lipinski definition) is 7. The van der Waals surface area contributed by atoms with Crippen LogP contribution >= 0.6 is 7.82 Å². The van der Waals surface area contributed by atoms with Gasteiger partial charge in [0.15, 0.2) is 0 Å². The second kappa shape index (κ2) is 46.7. The van der Waals surface area contributed by atoms with E-state index >= 15 is 0 Å². The lowest BCUT2D eigenvalue weighted by molar-refractivity contribution is -0.154. The van der Waals surface area contributed by atoms with E-state index in [4.69, 9.17) is 24.3 Å². The van der Waals surface area contributed by atoms with Crippen LogP contribution in [0.3, 0.4) is 0 Å². The summed E-state index contributed by atoms with van der Waals surface area (Å²) in [4.78, 5) is 22.5. The second-order valence-electron chi connectivity index (χ2n) is 15.2. The highest BCUT2D eigenvalue weighted by atomic mass is 31.2. The lowest BCUT2D eigenvalue weighted by Crippen LogP contribution is -2.28. The van der Waals surface area contributed by atoms with Crippen molar-refractivity contribution in [3.8, 4) is 0 Å². The van der Waals surface area contributed by atoms with Gasteiger partial charge in [0.05, 0.1) is 19.8 Å². The second-order valence-corrected chi connectivity index (χ2v) is 16.7. The van der Waals surface area contributed by atoms with Crippen LogP contribution in [0, 0.1) is 0 Å². The largest absolute Gasteiger partial charge is 0.472 e. The van der Waals surface area contributed by atoms with Gasteiger partial charge in [0.1, 0.15) is 6.10 Å². The molecule has 0 amide bonds. The van der Waals surface area contributed by atoms with Crippen LogP contribution in [0.1, 0.15) is 187 Å². The highest BCUT2D eigenvalue weighted by Gasteiger charge is 2.25. The number of carbonyl (C=O) groups is 1. The Kier molecular flexibility index (Phi) is 44.9. The summed E-state index contributed by atoms with van der Waals surface area (Å²) < 4.78 is 33.5. The quantitative estimate of drug-likeness (QED) is 0.0269. The highest BCUT2D eigenvalue weighted by Crippen LogP contribution is 2.43. The average molecular weight is 846 g/mol. The molecular weight excluding hydrogens is 758 g/mol. The molecule has 8 nitrogen and oxygen atoms in total. The standard InChI is InChI=1S/C50H88NO7P/c1-3-5-7-9-11-13-15-17-19-20-21-22-23-24-25-26-27-28-29-30-32-34-36-38-40-42-45-55-47-49(48-57-59(53,54)56-46-44-51)58-50(52)43-41-39-37-35-33-31-18-16-14-12-10-8-6-4-2/h5,7,10-13,16-19,21-22,24-25,49H,3-4,6,8-9,14-15,20,23,26-48,51H2,1-2H3,(H,53,54)/b7-5-,12-10-,13-11-,18-16-,19-17-,22-21-,25-24-. The summed E-state index contributed by atoms with van der Waals surface area (Å²) in [6, 6.07) is 0. The minimum atomic E-state index is -4.29. The molecule has 0 spiro atoms. The number of hydrogen-bond donors (Lipinski definition) is 2. The minimum Gasteiger partial charge on any atom is -0.457 e. The van der Waals surface area contributed by atoms with Crippen LogP contribution in [-0.4, -0.2) is 49.9 Å². The molecule has 0 aliphatic heterocycles. The summed E-state index contributed by atoms with van der Waals surface area (Å²) in [5.41, 5.74) is 5.37. The van der Waals surface area contributed by atoms with Gasteiger partial charge in [-0.1, -0.05) is 182 Å². The predicted octanol–water partition coefficient (Wildman–Crippen LogP) is 14.5. The molecule has 0 aliphatic rings. The number of phosphoric ester groups is 1. The average Bonchev–Trinajstić information content (AvgIpc) is 3.23.